The van der Waals surface area contributed by atoms with Crippen LogP contribution in [0.4, 0.5) is 0 Å². The van der Waals surface area contributed by atoms with Gasteiger partial charge in [-0.15, -0.1) is 0 Å². The van der Waals surface area contributed by atoms with Gasteiger partial charge in [0.05, 0.1) is 9.47 Å². The van der Waals surface area contributed by atoms with E-state index in [0.29, 0.717) is 6.42 Å². The second kappa shape index (κ2) is 4.33. The van der Waals surface area contributed by atoms with Gasteiger partial charge in [0.2, 0.25) is 5.76 Å². The summed E-state index contributed by atoms with van der Waals surface area (Å²) in [6.45, 7) is 1.84. The summed E-state index contributed by atoms with van der Waals surface area (Å²) in [5.41, 5.74) is 0. The Morgan fingerprint density at radius 2 is 2.44 bits per heavy atom. The summed E-state index contributed by atoms with van der Waals surface area (Å²) in [5.74, 6) is -1.06. The Kier molecular flexibility index (Phi) is 4.06. The smallest absolute Gasteiger partial charge is 0.371 e. The van der Waals surface area contributed by atoms with Crippen LogP contribution in [-0.4, -0.2) is 11.1 Å². The predicted molar refractivity (Wildman–Crippen MR) is 36.8 cm³/mol. The normalized spacial score (nSPS) is 11.1. The zero-order valence-corrected chi connectivity index (χ0v) is 6.28. The molecule has 1 atom stereocenters. The first-order valence-corrected chi connectivity index (χ1v) is 2.99. The van der Waals surface area contributed by atoms with E-state index in [0.717, 1.165) is 0 Å². The molecule has 0 aromatic carbocycles. The molecule has 52 valence electrons. The minimum atomic E-state index is -1.04. The molecule has 0 spiro atoms. The maximum Gasteiger partial charge on any atom is 0.371 e. The van der Waals surface area contributed by atoms with Crippen LogP contribution in [0.5, 0.6) is 0 Å². The minimum Gasteiger partial charge on any atom is -0.475 e. The Hall–Kier alpha value is -0.560. The first-order chi connectivity index (χ1) is 4.22. The molecule has 9 heavy (non-hydrogen) atoms. The van der Waals surface area contributed by atoms with Crippen LogP contribution in [0.1, 0.15) is 13.3 Å². The highest BCUT2D eigenvalue weighted by molar-refractivity contribution is 7.10. The van der Waals surface area contributed by atoms with Crippen LogP contribution in [0.15, 0.2) is 11.8 Å². The molecule has 0 aromatic rings. The quantitative estimate of drug-likeness (QED) is 0.371. The van der Waals surface area contributed by atoms with Crippen LogP contribution in [-0.2, 0) is 9.32 Å². The van der Waals surface area contributed by atoms with Gasteiger partial charge in [-0.05, 0) is 12.5 Å². The number of carbonyl (C=O) groups is 1. The second-order valence-corrected chi connectivity index (χ2v) is 1.64. The lowest BCUT2D eigenvalue weighted by Crippen LogP contribution is -1.99. The molecule has 3 nitrogen and oxygen atoms in total. The van der Waals surface area contributed by atoms with Crippen molar-refractivity contribution in [2.24, 2.45) is 0 Å². The highest BCUT2D eigenvalue weighted by Crippen LogP contribution is 2.03. The molecule has 0 heterocycles. The number of carboxylic acid groups (broad SMARTS) is 1. The molecule has 0 radical (unpaired) electrons. The van der Waals surface area contributed by atoms with E-state index in [4.69, 9.17) is 5.11 Å². The molecule has 0 fully saturated rings. The van der Waals surface area contributed by atoms with Crippen LogP contribution in [0.25, 0.3) is 0 Å². The van der Waals surface area contributed by atoms with Crippen molar-refractivity contribution in [3.63, 3.8) is 0 Å². The van der Waals surface area contributed by atoms with Gasteiger partial charge in [-0.25, -0.2) is 4.79 Å². The van der Waals surface area contributed by atoms with Crippen LogP contribution in [0.2, 0.25) is 0 Å². The number of carboxylic acids is 1. The van der Waals surface area contributed by atoms with Crippen molar-refractivity contribution in [2.45, 2.75) is 13.3 Å². The summed E-state index contributed by atoms with van der Waals surface area (Å²) >= 11 is 0. The fourth-order valence-corrected chi connectivity index (χ4v) is 0.568. The van der Waals surface area contributed by atoms with Crippen molar-refractivity contribution in [2.75, 3.05) is 0 Å². The molecule has 0 saturated carbocycles. The van der Waals surface area contributed by atoms with Gasteiger partial charge in [0.15, 0.2) is 0 Å². The highest BCUT2D eigenvalue weighted by atomic mass is 31.0. The van der Waals surface area contributed by atoms with Crippen LogP contribution < -0.4 is 0 Å². The molecule has 1 unspecified atom stereocenters. The lowest BCUT2D eigenvalue weighted by Gasteiger charge is -1.96. The number of allylic oxidation sites excluding steroid dienone is 1. The summed E-state index contributed by atoms with van der Waals surface area (Å²) in [7, 11) is 1.89. The molecule has 0 aliphatic rings. The van der Waals surface area contributed by atoms with E-state index < -0.39 is 5.97 Å². The van der Waals surface area contributed by atoms with Crippen molar-refractivity contribution < 1.29 is 14.4 Å². The molecular weight excluding hydrogens is 139 g/mol. The number of hydrogen-bond acceptors (Lipinski definition) is 2. The van der Waals surface area contributed by atoms with E-state index >= 15 is 0 Å². The van der Waals surface area contributed by atoms with Gasteiger partial charge < -0.3 is 9.63 Å². The largest absolute Gasteiger partial charge is 0.475 e. The molecule has 0 aliphatic heterocycles. The van der Waals surface area contributed by atoms with E-state index in [1.165, 1.54) is 6.08 Å². The monoisotopic (exact) mass is 148 g/mol. The Bertz CT molecular complexity index is 130. The fourth-order valence-electron chi connectivity index (χ4n) is 0.371. The van der Waals surface area contributed by atoms with E-state index in [2.05, 4.69) is 4.52 Å². The molecule has 0 rings (SSSR count). The van der Waals surface area contributed by atoms with Crippen molar-refractivity contribution in [1.29, 1.82) is 0 Å². The highest BCUT2D eigenvalue weighted by Gasteiger charge is 2.03. The molecule has 1 N–H and O–H groups in total. The SMILES string of the molecule is CCC=C(OP)C(=O)O. The fraction of sp³-hybridized carbons (Fsp3) is 0.400. The van der Waals surface area contributed by atoms with Gasteiger partial charge in [0.25, 0.3) is 0 Å². The zero-order chi connectivity index (χ0) is 7.28. The number of rotatable bonds is 3. The summed E-state index contributed by atoms with van der Waals surface area (Å²) in [6, 6.07) is 0. The minimum absolute atomic E-state index is 0.0255. The number of hydrogen-bond donors (Lipinski definition) is 1. The zero-order valence-electron chi connectivity index (χ0n) is 5.13. The summed E-state index contributed by atoms with van der Waals surface area (Å²) in [6.07, 6.45) is 2.16. The summed E-state index contributed by atoms with van der Waals surface area (Å²) in [4.78, 5) is 10.1. The molecule has 0 aromatic heterocycles. The Morgan fingerprint density at radius 1 is 1.89 bits per heavy atom. The standard InChI is InChI=1S/C5H9O3P/c1-2-3-4(8-9)5(6)7/h3H,2,9H2,1H3,(H,6,7). The van der Waals surface area contributed by atoms with E-state index in [-0.39, 0.29) is 5.76 Å². The van der Waals surface area contributed by atoms with Gasteiger partial charge in [-0.2, -0.15) is 0 Å². The van der Waals surface area contributed by atoms with Crippen LogP contribution >= 0.6 is 9.47 Å². The third-order valence-electron chi connectivity index (χ3n) is 0.727. The van der Waals surface area contributed by atoms with Gasteiger partial charge in [0.1, 0.15) is 0 Å². The molecular formula is C5H9O3P. The third-order valence-corrected chi connectivity index (χ3v) is 0.981. The van der Waals surface area contributed by atoms with Crippen molar-refractivity contribution in [3.05, 3.63) is 11.8 Å². The molecule has 0 aliphatic carbocycles. The Labute approximate surface area is 56.0 Å². The lowest BCUT2D eigenvalue weighted by molar-refractivity contribution is -0.134. The summed E-state index contributed by atoms with van der Waals surface area (Å²) in [5, 5.41) is 8.30. The molecule has 0 bridgehead atoms. The first-order valence-electron chi connectivity index (χ1n) is 2.52. The van der Waals surface area contributed by atoms with Gasteiger partial charge in [0, 0.05) is 0 Å². The molecule has 0 amide bonds. The predicted octanol–water partition coefficient (Wildman–Crippen LogP) is 1.17. The average molecular weight is 148 g/mol. The van der Waals surface area contributed by atoms with E-state index in [9.17, 15) is 4.79 Å². The van der Waals surface area contributed by atoms with Crippen molar-refractivity contribution in [3.8, 4) is 0 Å². The topological polar surface area (TPSA) is 46.5 Å². The molecule has 4 heteroatoms. The maximum absolute atomic E-state index is 10.1. The maximum atomic E-state index is 10.1. The summed E-state index contributed by atoms with van der Waals surface area (Å²) < 4.78 is 4.43. The lowest BCUT2D eigenvalue weighted by atomic mass is 10.4. The molecule has 0 saturated heterocycles. The Balaban J connectivity index is 3.98. The van der Waals surface area contributed by atoms with Gasteiger partial charge in [-0.1, -0.05) is 6.92 Å². The first kappa shape index (κ1) is 8.44. The Morgan fingerprint density at radius 3 is 2.56 bits per heavy atom. The second-order valence-electron chi connectivity index (χ2n) is 1.40. The van der Waals surface area contributed by atoms with E-state index in [1.54, 1.807) is 0 Å². The van der Waals surface area contributed by atoms with E-state index in [1.807, 2.05) is 16.4 Å². The van der Waals surface area contributed by atoms with Crippen LogP contribution in [0.3, 0.4) is 0 Å². The van der Waals surface area contributed by atoms with Crippen molar-refractivity contribution >= 4 is 15.4 Å². The average Bonchev–Trinajstić information content (AvgIpc) is 1.82. The van der Waals surface area contributed by atoms with Crippen LogP contribution in [0, 0.1) is 0 Å². The number of aliphatic carboxylic acids is 1. The van der Waals surface area contributed by atoms with Gasteiger partial charge in [-0.3, -0.25) is 0 Å². The third kappa shape index (κ3) is 3.09. The van der Waals surface area contributed by atoms with Gasteiger partial charge >= 0.3 is 5.97 Å². The van der Waals surface area contributed by atoms with Crippen molar-refractivity contribution in [1.82, 2.24) is 0 Å².